The molecule has 0 radical (unpaired) electrons. The summed E-state index contributed by atoms with van der Waals surface area (Å²) in [5.41, 5.74) is 5.32. The molecule has 1 amide bonds. The van der Waals surface area contributed by atoms with Crippen LogP contribution in [0, 0.1) is 0 Å². The predicted octanol–water partition coefficient (Wildman–Crippen LogP) is 1.94. The maximum atomic E-state index is 12.5. The van der Waals surface area contributed by atoms with E-state index in [-0.39, 0.29) is 17.9 Å². The van der Waals surface area contributed by atoms with Gasteiger partial charge in [0.25, 0.3) is 5.91 Å². The molecule has 5 nitrogen and oxygen atoms in total. The highest BCUT2D eigenvalue weighted by molar-refractivity contribution is 5.96. The van der Waals surface area contributed by atoms with Crippen molar-refractivity contribution >= 4 is 11.6 Å². The number of hydrogen-bond donors (Lipinski definition) is 3. The van der Waals surface area contributed by atoms with Gasteiger partial charge in [-0.1, -0.05) is 12.1 Å². The Morgan fingerprint density at radius 2 is 2.15 bits per heavy atom. The van der Waals surface area contributed by atoms with E-state index < -0.39 is 17.6 Å². The predicted molar refractivity (Wildman–Crippen MR) is 65.6 cm³/mol. The Labute approximate surface area is 112 Å². The van der Waals surface area contributed by atoms with Gasteiger partial charge in [-0.15, -0.1) is 0 Å². The molecule has 0 aliphatic heterocycles. The smallest absolute Gasteiger partial charge is 0.396 e. The highest BCUT2D eigenvalue weighted by Gasteiger charge is 2.30. The van der Waals surface area contributed by atoms with Crippen molar-refractivity contribution in [2.75, 3.05) is 5.73 Å². The third-order valence-corrected chi connectivity index (χ3v) is 2.60. The molecule has 0 saturated carbocycles. The monoisotopic (exact) mass is 284 g/mol. The van der Waals surface area contributed by atoms with Gasteiger partial charge in [-0.3, -0.25) is 9.89 Å². The minimum absolute atomic E-state index is 0.0405. The summed E-state index contributed by atoms with van der Waals surface area (Å²) in [6.45, 7) is -0.0405. The van der Waals surface area contributed by atoms with Crippen LogP contribution in [0.2, 0.25) is 0 Å². The number of anilines is 1. The molecule has 0 aliphatic carbocycles. The lowest BCUT2D eigenvalue weighted by Crippen LogP contribution is -2.24. The summed E-state index contributed by atoms with van der Waals surface area (Å²) in [5, 5.41) is 8.46. The van der Waals surface area contributed by atoms with Crippen LogP contribution in [-0.4, -0.2) is 16.1 Å². The molecule has 1 aromatic carbocycles. The summed E-state index contributed by atoms with van der Waals surface area (Å²) in [4.78, 5) is 11.7. The highest BCUT2D eigenvalue weighted by atomic mass is 19.4. The first-order chi connectivity index (χ1) is 9.38. The van der Waals surface area contributed by atoms with Crippen molar-refractivity contribution < 1.29 is 18.0 Å². The van der Waals surface area contributed by atoms with Gasteiger partial charge in [-0.05, 0) is 17.7 Å². The molecule has 20 heavy (non-hydrogen) atoms. The van der Waals surface area contributed by atoms with Crippen LogP contribution in [0.3, 0.4) is 0 Å². The van der Waals surface area contributed by atoms with Crippen LogP contribution in [0.4, 0.5) is 18.9 Å². The van der Waals surface area contributed by atoms with Crippen LogP contribution in [-0.2, 0) is 12.7 Å². The zero-order valence-corrected chi connectivity index (χ0v) is 10.2. The molecule has 0 aliphatic rings. The molecule has 106 valence electrons. The summed E-state index contributed by atoms with van der Waals surface area (Å²) >= 11 is 0. The van der Waals surface area contributed by atoms with E-state index in [1.807, 2.05) is 0 Å². The van der Waals surface area contributed by atoms with E-state index in [1.165, 1.54) is 18.3 Å². The number of aromatic amines is 1. The standard InChI is InChI=1S/C12H11F3N4O/c13-12(14,15)8-3-1-2-7(4-8)5-17-11(20)10-9(16)6-18-19-10/h1-4,6H,5,16H2,(H,17,20)(H,18,19). The second-order valence-electron chi connectivity index (χ2n) is 4.08. The lowest BCUT2D eigenvalue weighted by atomic mass is 10.1. The molecule has 1 heterocycles. The van der Waals surface area contributed by atoms with Gasteiger partial charge in [-0.2, -0.15) is 18.3 Å². The van der Waals surface area contributed by atoms with Crippen molar-refractivity contribution in [3.63, 3.8) is 0 Å². The van der Waals surface area contributed by atoms with Crippen molar-refractivity contribution in [2.45, 2.75) is 12.7 Å². The second-order valence-corrected chi connectivity index (χ2v) is 4.08. The van der Waals surface area contributed by atoms with E-state index in [1.54, 1.807) is 0 Å². The largest absolute Gasteiger partial charge is 0.416 e. The number of nitrogen functional groups attached to an aromatic ring is 1. The summed E-state index contributed by atoms with van der Waals surface area (Å²) in [6.07, 6.45) is -3.13. The molecule has 0 atom stereocenters. The number of nitrogens with zero attached hydrogens (tertiary/aromatic N) is 1. The normalized spacial score (nSPS) is 11.3. The fraction of sp³-hybridized carbons (Fsp3) is 0.167. The van der Waals surface area contributed by atoms with Crippen molar-refractivity contribution in [3.8, 4) is 0 Å². The second kappa shape index (κ2) is 5.24. The van der Waals surface area contributed by atoms with E-state index in [2.05, 4.69) is 15.5 Å². The Kier molecular flexibility index (Phi) is 3.64. The molecule has 0 unspecified atom stereocenters. The van der Waals surface area contributed by atoms with Gasteiger partial charge in [0.05, 0.1) is 17.4 Å². The number of aromatic nitrogens is 2. The molecule has 8 heteroatoms. The topological polar surface area (TPSA) is 83.8 Å². The maximum Gasteiger partial charge on any atom is 0.416 e. The Morgan fingerprint density at radius 3 is 2.75 bits per heavy atom. The SMILES string of the molecule is Nc1cn[nH]c1C(=O)NCc1cccc(C(F)(F)F)c1. The first kappa shape index (κ1) is 13.9. The first-order valence-corrected chi connectivity index (χ1v) is 5.61. The number of H-pyrrole nitrogens is 1. The molecule has 2 aromatic rings. The quantitative estimate of drug-likeness (QED) is 0.805. The van der Waals surface area contributed by atoms with Gasteiger partial charge in [0.15, 0.2) is 0 Å². The average Bonchev–Trinajstić information content (AvgIpc) is 2.82. The minimum atomic E-state index is -4.41. The minimum Gasteiger partial charge on any atom is -0.396 e. The summed E-state index contributed by atoms with van der Waals surface area (Å²) < 4.78 is 37.6. The molecule has 2 rings (SSSR count). The van der Waals surface area contributed by atoms with Crippen molar-refractivity contribution in [2.24, 2.45) is 0 Å². The van der Waals surface area contributed by atoms with E-state index in [9.17, 15) is 18.0 Å². The Bertz CT molecular complexity index is 621. The number of carbonyl (C=O) groups is 1. The highest BCUT2D eigenvalue weighted by Crippen LogP contribution is 2.29. The third kappa shape index (κ3) is 3.08. The number of carbonyl (C=O) groups excluding carboxylic acids is 1. The van der Waals surface area contributed by atoms with Crippen molar-refractivity contribution in [1.29, 1.82) is 0 Å². The summed E-state index contributed by atoms with van der Waals surface area (Å²) in [7, 11) is 0. The number of amides is 1. The van der Waals surface area contributed by atoms with Gasteiger partial charge in [0.1, 0.15) is 5.69 Å². The number of halogens is 3. The number of benzene rings is 1. The lowest BCUT2D eigenvalue weighted by Gasteiger charge is -2.09. The summed E-state index contributed by atoms with van der Waals surface area (Å²) in [5.74, 6) is -0.530. The molecule has 0 bridgehead atoms. The molecule has 0 saturated heterocycles. The Morgan fingerprint density at radius 1 is 1.40 bits per heavy atom. The molecular weight excluding hydrogens is 273 g/mol. The third-order valence-electron chi connectivity index (χ3n) is 2.60. The lowest BCUT2D eigenvalue weighted by molar-refractivity contribution is -0.137. The number of rotatable bonds is 3. The van der Waals surface area contributed by atoms with Gasteiger partial charge in [0, 0.05) is 6.54 Å². The fourth-order valence-electron chi connectivity index (χ4n) is 1.61. The van der Waals surface area contributed by atoms with E-state index >= 15 is 0 Å². The van der Waals surface area contributed by atoms with Crippen LogP contribution in [0.5, 0.6) is 0 Å². The van der Waals surface area contributed by atoms with Crippen molar-refractivity contribution in [3.05, 3.63) is 47.3 Å². The van der Waals surface area contributed by atoms with Gasteiger partial charge < -0.3 is 11.1 Å². The van der Waals surface area contributed by atoms with Crippen LogP contribution >= 0.6 is 0 Å². The Hall–Kier alpha value is -2.51. The molecule has 0 fully saturated rings. The Balaban J connectivity index is 2.05. The molecule has 0 spiro atoms. The van der Waals surface area contributed by atoms with Crippen LogP contribution < -0.4 is 11.1 Å². The summed E-state index contributed by atoms with van der Waals surface area (Å²) in [6, 6.07) is 4.73. The van der Waals surface area contributed by atoms with Crippen molar-refractivity contribution in [1.82, 2.24) is 15.5 Å². The number of alkyl halides is 3. The van der Waals surface area contributed by atoms with Crippen LogP contribution in [0.1, 0.15) is 21.6 Å². The van der Waals surface area contributed by atoms with Gasteiger partial charge >= 0.3 is 6.18 Å². The van der Waals surface area contributed by atoms with E-state index in [0.717, 1.165) is 12.1 Å². The van der Waals surface area contributed by atoms with Crippen LogP contribution in [0.25, 0.3) is 0 Å². The first-order valence-electron chi connectivity index (χ1n) is 5.61. The number of nitrogens with two attached hydrogens (primary N) is 1. The van der Waals surface area contributed by atoms with Gasteiger partial charge in [-0.25, -0.2) is 0 Å². The number of hydrogen-bond acceptors (Lipinski definition) is 3. The zero-order valence-electron chi connectivity index (χ0n) is 10.2. The zero-order chi connectivity index (χ0) is 14.8. The number of nitrogens with one attached hydrogen (secondary N) is 2. The van der Waals surface area contributed by atoms with Crippen LogP contribution in [0.15, 0.2) is 30.5 Å². The fourth-order valence-corrected chi connectivity index (χ4v) is 1.61. The van der Waals surface area contributed by atoms with E-state index in [4.69, 9.17) is 5.73 Å². The van der Waals surface area contributed by atoms with E-state index in [0.29, 0.717) is 5.56 Å². The maximum absolute atomic E-state index is 12.5. The molecule has 4 N–H and O–H groups in total. The molecular formula is C12H11F3N4O. The molecule has 1 aromatic heterocycles. The average molecular weight is 284 g/mol. The van der Waals surface area contributed by atoms with Gasteiger partial charge in [0.2, 0.25) is 0 Å².